The topological polar surface area (TPSA) is 37.8 Å². The van der Waals surface area contributed by atoms with Crippen molar-refractivity contribution in [1.29, 1.82) is 0 Å². The second kappa shape index (κ2) is 6.32. The van der Waals surface area contributed by atoms with E-state index in [1.807, 2.05) is 24.3 Å². The number of hydrogen-bond donors (Lipinski definition) is 1. The average Bonchev–Trinajstić information content (AvgIpc) is 2.78. The molecule has 108 valence electrons. The molecule has 2 heterocycles. The number of nitrogens with one attached hydrogen (secondary N) is 1. The highest BCUT2D eigenvalue weighted by Crippen LogP contribution is 2.38. The van der Waals surface area contributed by atoms with Gasteiger partial charge in [0.15, 0.2) is 5.82 Å². The predicted molar refractivity (Wildman–Crippen MR) is 100 cm³/mol. The normalized spacial score (nSPS) is 11.0. The largest absolute Gasteiger partial charge is 0.370 e. The van der Waals surface area contributed by atoms with Gasteiger partial charge in [-0.05, 0) is 63.0 Å². The van der Waals surface area contributed by atoms with Crippen LogP contribution in [0, 0.1) is 0 Å². The Balaban J connectivity index is 2.25. The van der Waals surface area contributed by atoms with Crippen LogP contribution in [0.4, 0.5) is 5.82 Å². The Morgan fingerprint density at radius 3 is 2.62 bits per heavy atom. The van der Waals surface area contributed by atoms with Gasteiger partial charge in [-0.1, -0.05) is 15.9 Å². The quantitative estimate of drug-likeness (QED) is 0.482. The summed E-state index contributed by atoms with van der Waals surface area (Å²) in [6.45, 7) is 2.87. The number of halogens is 3. The molecule has 1 N–H and O–H groups in total. The number of rotatable bonds is 3. The second-order valence-corrected chi connectivity index (χ2v) is 8.99. The highest BCUT2D eigenvalue weighted by Gasteiger charge is 2.14. The predicted octanol–water partition coefficient (Wildman–Crippen LogP) is 6.08. The van der Waals surface area contributed by atoms with E-state index in [1.54, 1.807) is 11.3 Å². The molecule has 3 aromatic rings. The maximum Gasteiger partial charge on any atom is 0.164 e. The first-order valence-corrected chi connectivity index (χ1v) is 9.44. The van der Waals surface area contributed by atoms with Gasteiger partial charge in [-0.15, -0.1) is 11.3 Å². The lowest BCUT2D eigenvalue weighted by molar-refractivity contribution is 1.14. The van der Waals surface area contributed by atoms with Crippen molar-refractivity contribution in [3.05, 3.63) is 36.3 Å². The molecule has 0 unspecified atom stereocenters. The van der Waals surface area contributed by atoms with Gasteiger partial charge in [0.2, 0.25) is 0 Å². The Hall–Kier alpha value is -0.500. The zero-order chi connectivity index (χ0) is 15.0. The molecule has 0 radical (unpaired) electrons. The lowest BCUT2D eigenvalue weighted by atomic mass is 10.2. The van der Waals surface area contributed by atoms with Crippen molar-refractivity contribution in [2.45, 2.75) is 6.92 Å². The average molecular weight is 492 g/mol. The Bertz CT molecular complexity index is 817. The SMILES string of the molecule is CCNc1nc(-c2cc(Br)sc2Br)nc2ccc(Br)cc12. The maximum atomic E-state index is 4.69. The number of benzene rings is 1. The van der Waals surface area contributed by atoms with E-state index in [0.29, 0.717) is 0 Å². The van der Waals surface area contributed by atoms with E-state index < -0.39 is 0 Å². The van der Waals surface area contributed by atoms with Gasteiger partial charge in [0.05, 0.1) is 13.1 Å². The number of hydrogen-bond acceptors (Lipinski definition) is 4. The van der Waals surface area contributed by atoms with Crippen molar-refractivity contribution in [1.82, 2.24) is 9.97 Å². The van der Waals surface area contributed by atoms with Gasteiger partial charge in [0.1, 0.15) is 5.82 Å². The molecular weight excluding hydrogens is 482 g/mol. The van der Waals surface area contributed by atoms with Crippen LogP contribution in [0.5, 0.6) is 0 Å². The van der Waals surface area contributed by atoms with Gasteiger partial charge < -0.3 is 5.32 Å². The standard InChI is InChI=1S/C14H10Br3N3S/c1-2-18-13-8-5-7(15)3-4-10(8)19-14(20-13)9-6-11(16)21-12(9)17/h3-6H,2H2,1H3,(H,18,19,20). The first kappa shape index (κ1) is 15.4. The minimum atomic E-state index is 0.717. The molecule has 0 spiro atoms. The van der Waals surface area contributed by atoms with Crippen LogP contribution >= 0.6 is 59.1 Å². The van der Waals surface area contributed by atoms with E-state index in [-0.39, 0.29) is 0 Å². The second-order valence-electron chi connectivity index (χ2n) is 4.33. The molecule has 0 saturated carbocycles. The number of nitrogens with zero attached hydrogens (tertiary/aromatic N) is 2. The van der Waals surface area contributed by atoms with Gasteiger partial charge >= 0.3 is 0 Å². The fraction of sp³-hybridized carbons (Fsp3) is 0.143. The number of anilines is 1. The van der Waals surface area contributed by atoms with E-state index in [4.69, 9.17) is 0 Å². The van der Waals surface area contributed by atoms with Crippen LogP contribution in [0.2, 0.25) is 0 Å². The molecule has 0 amide bonds. The van der Waals surface area contributed by atoms with Gasteiger partial charge in [-0.2, -0.15) is 0 Å². The summed E-state index contributed by atoms with van der Waals surface area (Å²) >= 11 is 12.2. The lowest BCUT2D eigenvalue weighted by Gasteiger charge is -2.09. The molecular formula is C14H10Br3N3S. The minimum absolute atomic E-state index is 0.717. The van der Waals surface area contributed by atoms with E-state index in [2.05, 4.69) is 70.0 Å². The fourth-order valence-electron chi connectivity index (χ4n) is 2.02. The summed E-state index contributed by atoms with van der Waals surface area (Å²) in [4.78, 5) is 9.38. The van der Waals surface area contributed by atoms with Crippen LogP contribution in [0.15, 0.2) is 36.3 Å². The van der Waals surface area contributed by atoms with Crippen molar-refractivity contribution in [2.75, 3.05) is 11.9 Å². The summed E-state index contributed by atoms with van der Waals surface area (Å²) < 4.78 is 3.09. The first-order valence-electron chi connectivity index (χ1n) is 6.25. The zero-order valence-electron chi connectivity index (χ0n) is 11.0. The van der Waals surface area contributed by atoms with E-state index in [0.717, 1.165) is 46.7 Å². The van der Waals surface area contributed by atoms with Gasteiger partial charge in [0, 0.05) is 22.0 Å². The van der Waals surface area contributed by atoms with Crippen LogP contribution in [-0.2, 0) is 0 Å². The molecule has 0 fully saturated rings. The van der Waals surface area contributed by atoms with Crippen molar-refractivity contribution in [2.24, 2.45) is 0 Å². The molecule has 0 bridgehead atoms. The van der Waals surface area contributed by atoms with Crippen LogP contribution in [-0.4, -0.2) is 16.5 Å². The third kappa shape index (κ3) is 3.16. The van der Waals surface area contributed by atoms with Crippen LogP contribution in [0.3, 0.4) is 0 Å². The van der Waals surface area contributed by atoms with Crippen molar-refractivity contribution < 1.29 is 0 Å². The van der Waals surface area contributed by atoms with Crippen molar-refractivity contribution >= 4 is 75.8 Å². The van der Waals surface area contributed by atoms with E-state index >= 15 is 0 Å². The van der Waals surface area contributed by atoms with Crippen LogP contribution in [0.25, 0.3) is 22.3 Å². The fourth-order valence-corrected chi connectivity index (χ4v) is 5.17. The summed E-state index contributed by atoms with van der Waals surface area (Å²) in [5.41, 5.74) is 1.92. The molecule has 3 nitrogen and oxygen atoms in total. The molecule has 3 rings (SSSR count). The van der Waals surface area contributed by atoms with Crippen molar-refractivity contribution in [3.8, 4) is 11.4 Å². The summed E-state index contributed by atoms with van der Waals surface area (Å²) in [5, 5.41) is 4.33. The number of fused-ring (bicyclic) bond motifs is 1. The smallest absolute Gasteiger partial charge is 0.164 e. The van der Waals surface area contributed by atoms with E-state index in [1.165, 1.54) is 0 Å². The summed E-state index contributed by atoms with van der Waals surface area (Å²) in [6.07, 6.45) is 0. The maximum absolute atomic E-state index is 4.69. The molecule has 0 aliphatic heterocycles. The molecule has 0 atom stereocenters. The molecule has 0 saturated heterocycles. The third-order valence-electron chi connectivity index (χ3n) is 2.90. The van der Waals surface area contributed by atoms with E-state index in [9.17, 15) is 0 Å². The monoisotopic (exact) mass is 489 g/mol. The Morgan fingerprint density at radius 2 is 1.95 bits per heavy atom. The number of thiophene rings is 1. The van der Waals surface area contributed by atoms with Crippen molar-refractivity contribution in [3.63, 3.8) is 0 Å². The number of aromatic nitrogens is 2. The lowest BCUT2D eigenvalue weighted by Crippen LogP contribution is -2.02. The molecule has 0 aliphatic rings. The van der Waals surface area contributed by atoms with Gasteiger partial charge in [0.25, 0.3) is 0 Å². The van der Waals surface area contributed by atoms with Crippen LogP contribution in [0.1, 0.15) is 6.92 Å². The zero-order valence-corrected chi connectivity index (χ0v) is 16.5. The summed E-state index contributed by atoms with van der Waals surface area (Å²) in [5.74, 6) is 1.57. The highest BCUT2D eigenvalue weighted by molar-refractivity contribution is 9.12. The highest BCUT2D eigenvalue weighted by atomic mass is 79.9. The Morgan fingerprint density at radius 1 is 1.14 bits per heavy atom. The Kier molecular flexibility index (Phi) is 4.63. The summed E-state index contributed by atoms with van der Waals surface area (Å²) in [7, 11) is 0. The first-order chi connectivity index (χ1) is 10.1. The van der Waals surface area contributed by atoms with Gasteiger partial charge in [-0.3, -0.25) is 0 Å². The molecule has 21 heavy (non-hydrogen) atoms. The molecule has 2 aromatic heterocycles. The molecule has 7 heteroatoms. The summed E-state index contributed by atoms with van der Waals surface area (Å²) in [6, 6.07) is 8.06. The van der Waals surface area contributed by atoms with Crippen LogP contribution < -0.4 is 5.32 Å². The third-order valence-corrected chi connectivity index (χ3v) is 5.73. The Labute approximate surface area is 151 Å². The molecule has 1 aromatic carbocycles. The molecule has 0 aliphatic carbocycles. The minimum Gasteiger partial charge on any atom is -0.370 e. The van der Waals surface area contributed by atoms with Gasteiger partial charge in [-0.25, -0.2) is 9.97 Å².